The zero-order valence-electron chi connectivity index (χ0n) is 7.91. The molecule has 0 aromatic carbocycles. The van der Waals surface area contributed by atoms with Crippen molar-refractivity contribution < 1.29 is 9.94 Å². The lowest BCUT2D eigenvalue weighted by Gasteiger charge is -2.02. The van der Waals surface area contributed by atoms with Gasteiger partial charge < -0.3 is 0 Å². The van der Waals surface area contributed by atoms with E-state index in [2.05, 4.69) is 19.9 Å². The van der Waals surface area contributed by atoms with E-state index in [1.807, 2.05) is 6.92 Å². The Labute approximate surface area is 73.4 Å². The fourth-order valence-corrected chi connectivity index (χ4v) is 1.37. The van der Waals surface area contributed by atoms with E-state index in [0.717, 1.165) is 16.7 Å². The van der Waals surface area contributed by atoms with Crippen LogP contribution in [0.3, 0.4) is 0 Å². The number of hydrogen-bond donors (Lipinski definition) is 1. The molecule has 1 aromatic heterocycles. The molecule has 1 rings (SSSR count). The highest BCUT2D eigenvalue weighted by Crippen LogP contribution is 2.06. The minimum absolute atomic E-state index is 0.631. The second kappa shape index (κ2) is 3.57. The molecular formula is C10H16NO+. The highest BCUT2D eigenvalue weighted by Gasteiger charge is 2.05. The molecular weight excluding hydrogens is 150 g/mol. The van der Waals surface area contributed by atoms with Gasteiger partial charge in [0, 0.05) is 15.9 Å². The van der Waals surface area contributed by atoms with Crippen molar-refractivity contribution in [1.29, 1.82) is 0 Å². The van der Waals surface area contributed by atoms with Crippen molar-refractivity contribution >= 4 is 0 Å². The number of pyridine rings is 1. The Morgan fingerprint density at radius 2 is 2.08 bits per heavy atom. The van der Waals surface area contributed by atoms with Gasteiger partial charge in [-0.05, 0) is 25.3 Å². The molecule has 0 aliphatic rings. The molecule has 0 bridgehead atoms. The molecule has 2 nitrogen and oxygen atoms in total. The van der Waals surface area contributed by atoms with Crippen LogP contribution in [0, 0.1) is 12.8 Å². The Kier molecular flexibility index (Phi) is 2.69. The Balaban J connectivity index is 2.85. The minimum Gasteiger partial charge on any atom is -0.285 e. The first kappa shape index (κ1) is 9.04. The summed E-state index contributed by atoms with van der Waals surface area (Å²) in [7, 11) is 0. The summed E-state index contributed by atoms with van der Waals surface area (Å²) < 4.78 is 1.13. The number of hydrogen-bond acceptors (Lipinski definition) is 1. The van der Waals surface area contributed by atoms with Gasteiger partial charge in [0.1, 0.15) is 0 Å². The highest BCUT2D eigenvalue weighted by atomic mass is 16.5. The van der Waals surface area contributed by atoms with Crippen LogP contribution >= 0.6 is 0 Å². The van der Waals surface area contributed by atoms with Crippen molar-refractivity contribution in [3.8, 4) is 0 Å². The van der Waals surface area contributed by atoms with Crippen LogP contribution in [0.5, 0.6) is 0 Å². The second-order valence-corrected chi connectivity index (χ2v) is 3.70. The summed E-state index contributed by atoms with van der Waals surface area (Å²) in [6, 6.07) is 2.10. The molecule has 0 aliphatic carbocycles. The fourth-order valence-electron chi connectivity index (χ4n) is 1.37. The summed E-state index contributed by atoms with van der Waals surface area (Å²) in [5.74, 6) is 0.631. The topological polar surface area (TPSA) is 24.1 Å². The van der Waals surface area contributed by atoms with Crippen LogP contribution in [-0.2, 0) is 6.42 Å². The number of aryl methyl sites for hydroxylation is 1. The standard InChI is InChI=1S/C10H16NO/c1-8(2)4-10-5-9(3)6-11(12)7-10/h5-8,12H,4H2,1-3H3/q+1. The predicted molar refractivity (Wildman–Crippen MR) is 47.1 cm³/mol. The summed E-state index contributed by atoms with van der Waals surface area (Å²) >= 11 is 0. The molecule has 1 N–H and O–H groups in total. The van der Waals surface area contributed by atoms with Crippen LogP contribution in [0.15, 0.2) is 18.5 Å². The Morgan fingerprint density at radius 1 is 1.42 bits per heavy atom. The van der Waals surface area contributed by atoms with Gasteiger partial charge in [-0.15, -0.1) is 0 Å². The van der Waals surface area contributed by atoms with E-state index in [0.29, 0.717) is 5.92 Å². The summed E-state index contributed by atoms with van der Waals surface area (Å²) in [6.07, 6.45) is 4.47. The van der Waals surface area contributed by atoms with Crippen LogP contribution < -0.4 is 4.73 Å². The van der Waals surface area contributed by atoms with Crippen molar-refractivity contribution in [1.82, 2.24) is 0 Å². The van der Waals surface area contributed by atoms with E-state index in [4.69, 9.17) is 0 Å². The lowest BCUT2D eigenvalue weighted by molar-refractivity contribution is -0.905. The van der Waals surface area contributed by atoms with Gasteiger partial charge in [-0.2, -0.15) is 0 Å². The first-order valence-electron chi connectivity index (χ1n) is 4.29. The summed E-state index contributed by atoms with van der Waals surface area (Å²) in [5.41, 5.74) is 2.28. The SMILES string of the molecule is Cc1cc(CC(C)C)c[n+](O)c1. The second-order valence-electron chi connectivity index (χ2n) is 3.70. The molecule has 66 valence electrons. The van der Waals surface area contributed by atoms with E-state index >= 15 is 0 Å². The summed E-state index contributed by atoms with van der Waals surface area (Å²) in [5, 5.41) is 9.22. The average molecular weight is 166 g/mol. The first-order valence-corrected chi connectivity index (χ1v) is 4.29. The molecule has 0 radical (unpaired) electrons. The molecule has 0 aliphatic heterocycles. The van der Waals surface area contributed by atoms with Crippen LogP contribution in [0.1, 0.15) is 25.0 Å². The highest BCUT2D eigenvalue weighted by molar-refractivity contribution is 5.13. The van der Waals surface area contributed by atoms with Gasteiger partial charge in [0.2, 0.25) is 12.4 Å². The van der Waals surface area contributed by atoms with Crippen LogP contribution in [0.4, 0.5) is 0 Å². The third-order valence-electron chi connectivity index (χ3n) is 1.69. The quantitative estimate of drug-likeness (QED) is 0.525. The molecule has 1 aromatic rings. The third kappa shape index (κ3) is 2.53. The van der Waals surface area contributed by atoms with Gasteiger partial charge in [-0.1, -0.05) is 13.8 Å². The van der Waals surface area contributed by atoms with Gasteiger partial charge in [0.05, 0.1) is 0 Å². The maximum absolute atomic E-state index is 9.22. The van der Waals surface area contributed by atoms with E-state index in [1.165, 1.54) is 5.56 Å². The third-order valence-corrected chi connectivity index (χ3v) is 1.69. The molecule has 1 heterocycles. The van der Waals surface area contributed by atoms with Gasteiger partial charge in [-0.25, -0.2) is 0 Å². The molecule has 2 heteroatoms. The van der Waals surface area contributed by atoms with Crippen molar-refractivity contribution in [2.45, 2.75) is 27.2 Å². The van der Waals surface area contributed by atoms with Gasteiger partial charge in [0.15, 0.2) is 0 Å². The predicted octanol–water partition coefficient (Wildman–Crippen LogP) is 1.72. The maximum Gasteiger partial charge on any atom is 0.225 e. The fraction of sp³-hybridized carbons (Fsp3) is 0.500. The summed E-state index contributed by atoms with van der Waals surface area (Å²) in [6.45, 7) is 6.32. The Hall–Kier alpha value is -1.05. The number of rotatable bonds is 2. The molecule has 0 fully saturated rings. The van der Waals surface area contributed by atoms with Crippen molar-refractivity contribution in [2.75, 3.05) is 0 Å². The largest absolute Gasteiger partial charge is 0.285 e. The Morgan fingerprint density at radius 3 is 2.58 bits per heavy atom. The van der Waals surface area contributed by atoms with E-state index < -0.39 is 0 Å². The first-order chi connectivity index (χ1) is 5.58. The van der Waals surface area contributed by atoms with Crippen LogP contribution in [-0.4, -0.2) is 5.21 Å². The normalized spacial score (nSPS) is 10.7. The lowest BCUT2D eigenvalue weighted by atomic mass is 10.0. The summed E-state index contributed by atoms with van der Waals surface area (Å²) in [4.78, 5) is 0. The lowest BCUT2D eigenvalue weighted by Crippen LogP contribution is -2.30. The molecule has 0 saturated carbocycles. The average Bonchev–Trinajstić information content (AvgIpc) is 1.81. The van der Waals surface area contributed by atoms with Crippen LogP contribution in [0.25, 0.3) is 0 Å². The monoisotopic (exact) mass is 166 g/mol. The van der Waals surface area contributed by atoms with E-state index in [1.54, 1.807) is 12.4 Å². The van der Waals surface area contributed by atoms with Gasteiger partial charge in [-0.3, -0.25) is 5.21 Å². The number of nitrogens with zero attached hydrogens (tertiary/aromatic N) is 1. The van der Waals surface area contributed by atoms with Gasteiger partial charge in [0.25, 0.3) is 0 Å². The molecule has 0 amide bonds. The van der Waals surface area contributed by atoms with Crippen molar-refractivity contribution in [2.24, 2.45) is 5.92 Å². The zero-order chi connectivity index (χ0) is 9.14. The van der Waals surface area contributed by atoms with E-state index in [9.17, 15) is 5.21 Å². The molecule has 12 heavy (non-hydrogen) atoms. The van der Waals surface area contributed by atoms with Crippen molar-refractivity contribution in [3.63, 3.8) is 0 Å². The molecule has 0 unspecified atom stereocenters. The maximum atomic E-state index is 9.22. The molecule has 0 spiro atoms. The molecule has 0 saturated heterocycles. The zero-order valence-corrected chi connectivity index (χ0v) is 7.91. The smallest absolute Gasteiger partial charge is 0.225 e. The van der Waals surface area contributed by atoms with Crippen molar-refractivity contribution in [3.05, 3.63) is 29.6 Å². The number of aromatic nitrogens is 1. The van der Waals surface area contributed by atoms with Gasteiger partial charge >= 0.3 is 0 Å². The molecule has 0 atom stereocenters. The van der Waals surface area contributed by atoms with Crippen LogP contribution in [0.2, 0.25) is 0 Å². The minimum atomic E-state index is 0.631. The van der Waals surface area contributed by atoms with E-state index in [-0.39, 0.29) is 0 Å². The Bertz CT molecular complexity index is 248.